The van der Waals surface area contributed by atoms with Crippen LogP contribution in [0.3, 0.4) is 0 Å². The summed E-state index contributed by atoms with van der Waals surface area (Å²) in [7, 11) is 0. The van der Waals surface area contributed by atoms with Crippen molar-refractivity contribution in [1.29, 1.82) is 0 Å². The molecule has 0 heterocycles. The second-order valence-electron chi connectivity index (χ2n) is 7.66. The molecule has 0 aliphatic heterocycles. The number of nitrogens with zero attached hydrogens (tertiary/aromatic N) is 1. The van der Waals surface area contributed by atoms with Gasteiger partial charge in [0.05, 0.1) is 0 Å². The molecule has 3 saturated carbocycles. The van der Waals surface area contributed by atoms with Gasteiger partial charge < -0.3 is 0 Å². The van der Waals surface area contributed by atoms with Gasteiger partial charge in [-0.25, -0.2) is 0 Å². The lowest BCUT2D eigenvalue weighted by Gasteiger charge is -2.37. The van der Waals surface area contributed by atoms with Crippen LogP contribution in [0.5, 0.6) is 0 Å². The molecule has 0 radical (unpaired) electrons. The molecular formula is C16H27NO. The van der Waals surface area contributed by atoms with Crippen LogP contribution in [0.4, 0.5) is 0 Å². The predicted octanol–water partition coefficient (Wildman–Crippen LogP) is 3.26. The van der Waals surface area contributed by atoms with Crippen molar-refractivity contribution < 1.29 is 4.79 Å². The van der Waals surface area contributed by atoms with Crippen LogP contribution in [0.2, 0.25) is 0 Å². The minimum atomic E-state index is 0.327. The van der Waals surface area contributed by atoms with Gasteiger partial charge >= 0.3 is 0 Å². The molecule has 3 rings (SSSR count). The molecule has 2 nitrogen and oxygen atoms in total. The Morgan fingerprint density at radius 3 is 2.50 bits per heavy atom. The highest BCUT2D eigenvalue weighted by Gasteiger charge is 2.39. The third-order valence-electron chi connectivity index (χ3n) is 5.01. The van der Waals surface area contributed by atoms with Crippen molar-refractivity contribution in [3.63, 3.8) is 0 Å². The van der Waals surface area contributed by atoms with Crippen molar-refractivity contribution in [1.82, 2.24) is 4.90 Å². The van der Waals surface area contributed by atoms with E-state index in [9.17, 15) is 4.79 Å². The maximum absolute atomic E-state index is 12.1. The molecule has 0 bridgehead atoms. The lowest BCUT2D eigenvalue weighted by atomic mass is 9.71. The van der Waals surface area contributed by atoms with Crippen molar-refractivity contribution in [2.45, 2.75) is 64.8 Å². The average Bonchev–Trinajstić information content (AvgIpc) is 3.13. The van der Waals surface area contributed by atoms with E-state index in [0.717, 1.165) is 37.8 Å². The molecule has 0 spiro atoms. The second kappa shape index (κ2) is 4.63. The zero-order chi connectivity index (χ0) is 12.8. The Balaban J connectivity index is 1.59. The first-order valence-corrected chi connectivity index (χ1v) is 7.80. The highest BCUT2D eigenvalue weighted by molar-refractivity contribution is 5.82. The Kier molecular flexibility index (Phi) is 3.25. The molecule has 2 heteroatoms. The molecule has 3 aliphatic carbocycles. The van der Waals surface area contributed by atoms with Gasteiger partial charge in [0.1, 0.15) is 5.78 Å². The molecule has 1 unspecified atom stereocenters. The van der Waals surface area contributed by atoms with Gasteiger partial charge in [-0.15, -0.1) is 0 Å². The molecule has 0 aromatic heterocycles. The Morgan fingerprint density at radius 1 is 1.17 bits per heavy atom. The summed E-state index contributed by atoms with van der Waals surface area (Å²) in [6, 6.07) is 0.823. The topological polar surface area (TPSA) is 20.3 Å². The van der Waals surface area contributed by atoms with Crippen molar-refractivity contribution in [2.75, 3.05) is 13.1 Å². The summed E-state index contributed by atoms with van der Waals surface area (Å²) >= 11 is 0. The fourth-order valence-corrected chi connectivity index (χ4v) is 3.44. The monoisotopic (exact) mass is 249 g/mol. The van der Waals surface area contributed by atoms with Gasteiger partial charge in [0.25, 0.3) is 0 Å². The number of hydrogen-bond donors (Lipinski definition) is 0. The molecule has 3 aliphatic rings. The summed E-state index contributed by atoms with van der Waals surface area (Å²) in [5.74, 6) is 1.82. The Morgan fingerprint density at radius 2 is 1.89 bits per heavy atom. The van der Waals surface area contributed by atoms with Crippen LogP contribution in [-0.4, -0.2) is 29.8 Å². The summed E-state index contributed by atoms with van der Waals surface area (Å²) in [6.45, 7) is 6.99. The third kappa shape index (κ3) is 3.14. The van der Waals surface area contributed by atoms with Gasteiger partial charge in [0.2, 0.25) is 0 Å². The van der Waals surface area contributed by atoms with Crippen LogP contribution in [0.15, 0.2) is 0 Å². The maximum atomic E-state index is 12.1. The van der Waals surface area contributed by atoms with Gasteiger partial charge in [-0.1, -0.05) is 13.8 Å². The molecule has 0 amide bonds. The van der Waals surface area contributed by atoms with Gasteiger partial charge in [0, 0.05) is 31.5 Å². The minimum Gasteiger partial charge on any atom is -0.299 e. The van der Waals surface area contributed by atoms with Crippen LogP contribution < -0.4 is 0 Å². The zero-order valence-corrected chi connectivity index (χ0v) is 12.0. The molecule has 18 heavy (non-hydrogen) atoms. The van der Waals surface area contributed by atoms with Crippen LogP contribution in [0, 0.1) is 17.3 Å². The number of carbonyl (C=O) groups is 1. The van der Waals surface area contributed by atoms with Crippen LogP contribution in [-0.2, 0) is 4.79 Å². The molecule has 102 valence electrons. The fourth-order valence-electron chi connectivity index (χ4n) is 3.44. The van der Waals surface area contributed by atoms with Crippen molar-refractivity contribution in [3.8, 4) is 0 Å². The van der Waals surface area contributed by atoms with E-state index in [2.05, 4.69) is 18.7 Å². The quantitative estimate of drug-likeness (QED) is 0.745. The third-order valence-corrected chi connectivity index (χ3v) is 5.01. The molecule has 0 aromatic carbocycles. The van der Waals surface area contributed by atoms with E-state index < -0.39 is 0 Å². The summed E-state index contributed by atoms with van der Waals surface area (Å²) in [5, 5.41) is 0. The second-order valence-corrected chi connectivity index (χ2v) is 7.66. The molecular weight excluding hydrogens is 222 g/mol. The van der Waals surface area contributed by atoms with E-state index in [-0.39, 0.29) is 0 Å². The van der Waals surface area contributed by atoms with Gasteiger partial charge in [-0.3, -0.25) is 9.69 Å². The predicted molar refractivity (Wildman–Crippen MR) is 73.4 cm³/mol. The van der Waals surface area contributed by atoms with Crippen LogP contribution in [0.1, 0.15) is 58.8 Å². The fraction of sp³-hybridized carbons (Fsp3) is 0.938. The first-order valence-electron chi connectivity index (χ1n) is 7.80. The first-order chi connectivity index (χ1) is 8.53. The largest absolute Gasteiger partial charge is 0.299 e. The SMILES string of the molecule is CC1(C)CCC(=O)C(CN(CC2CC2)C2CC2)C1. The number of Topliss-reactive ketones (excluding diaryl/α,β-unsaturated/α-hetero) is 1. The first kappa shape index (κ1) is 12.7. The zero-order valence-electron chi connectivity index (χ0n) is 12.0. The van der Waals surface area contributed by atoms with Crippen LogP contribution >= 0.6 is 0 Å². The molecule has 1 atom stereocenters. The molecule has 0 aromatic rings. The average molecular weight is 249 g/mol. The maximum Gasteiger partial charge on any atom is 0.137 e. The standard InChI is InChI=1S/C16H27NO/c1-16(2)8-7-15(18)13(9-16)11-17(14-5-6-14)10-12-3-4-12/h12-14H,3-11H2,1-2H3. The normalized spacial score (nSPS) is 31.9. The van der Waals surface area contributed by atoms with E-state index in [4.69, 9.17) is 0 Å². The number of hydrogen-bond acceptors (Lipinski definition) is 2. The van der Waals surface area contributed by atoms with E-state index in [0.29, 0.717) is 17.1 Å². The Hall–Kier alpha value is -0.370. The summed E-state index contributed by atoms with van der Waals surface area (Å²) in [4.78, 5) is 14.8. The minimum absolute atomic E-state index is 0.327. The van der Waals surface area contributed by atoms with Crippen molar-refractivity contribution in [2.24, 2.45) is 17.3 Å². The van der Waals surface area contributed by atoms with Gasteiger partial charge in [0.15, 0.2) is 0 Å². The highest BCUT2D eigenvalue weighted by Crippen LogP contribution is 2.40. The lowest BCUT2D eigenvalue weighted by molar-refractivity contribution is -0.127. The van der Waals surface area contributed by atoms with E-state index in [1.807, 2.05) is 0 Å². The molecule has 3 fully saturated rings. The van der Waals surface area contributed by atoms with Gasteiger partial charge in [-0.2, -0.15) is 0 Å². The number of rotatable bonds is 5. The lowest BCUT2D eigenvalue weighted by Crippen LogP contribution is -2.40. The van der Waals surface area contributed by atoms with Gasteiger partial charge in [-0.05, 0) is 49.9 Å². The smallest absolute Gasteiger partial charge is 0.137 e. The summed E-state index contributed by atoms with van der Waals surface area (Å²) in [5.41, 5.74) is 0.382. The number of ketones is 1. The summed E-state index contributed by atoms with van der Waals surface area (Å²) < 4.78 is 0. The molecule has 0 saturated heterocycles. The van der Waals surface area contributed by atoms with E-state index in [1.54, 1.807) is 0 Å². The number of carbonyl (C=O) groups excluding carboxylic acids is 1. The van der Waals surface area contributed by atoms with Crippen LogP contribution in [0.25, 0.3) is 0 Å². The Labute approximate surface area is 111 Å². The van der Waals surface area contributed by atoms with Crippen molar-refractivity contribution >= 4 is 5.78 Å². The molecule has 0 N–H and O–H groups in total. The highest BCUT2D eigenvalue weighted by atomic mass is 16.1. The summed E-state index contributed by atoms with van der Waals surface area (Å²) in [6.07, 6.45) is 8.61. The van der Waals surface area contributed by atoms with E-state index >= 15 is 0 Å². The Bertz CT molecular complexity index is 328. The van der Waals surface area contributed by atoms with Crippen molar-refractivity contribution in [3.05, 3.63) is 0 Å². The van der Waals surface area contributed by atoms with E-state index in [1.165, 1.54) is 32.2 Å².